The van der Waals surface area contributed by atoms with Crippen molar-refractivity contribution in [1.82, 2.24) is 0 Å². The molecule has 0 aliphatic heterocycles. The molecule has 0 unspecified atom stereocenters. The van der Waals surface area contributed by atoms with Crippen LogP contribution in [0.25, 0.3) is 0 Å². The highest BCUT2D eigenvalue weighted by molar-refractivity contribution is 7.20. The molecule has 0 radical (unpaired) electrons. The lowest BCUT2D eigenvalue weighted by Gasteiger charge is -2.04. The number of nitriles is 1. The minimum Gasteiger partial charge on any atom is -0.485 e. The Balaban J connectivity index is 2.00. The third-order valence-corrected chi connectivity index (χ3v) is 3.80. The Morgan fingerprint density at radius 1 is 1.32 bits per heavy atom. The first-order chi connectivity index (χ1) is 9.10. The Morgan fingerprint density at radius 3 is 2.53 bits per heavy atom. The number of ketones is 1. The SMILES string of the molecule is N#Cc1ccc(OCC(=O)c2cc(Cl)sc2Cl)cc1. The number of benzene rings is 1. The summed E-state index contributed by atoms with van der Waals surface area (Å²) in [6.07, 6.45) is 0. The van der Waals surface area contributed by atoms with Gasteiger partial charge in [-0.3, -0.25) is 4.79 Å². The fourth-order valence-electron chi connectivity index (χ4n) is 1.38. The van der Waals surface area contributed by atoms with Crippen molar-refractivity contribution in [3.05, 3.63) is 50.1 Å². The van der Waals surface area contributed by atoms with Gasteiger partial charge < -0.3 is 4.74 Å². The predicted molar refractivity (Wildman–Crippen MR) is 75.3 cm³/mol. The molecule has 0 amide bonds. The molecule has 1 aromatic heterocycles. The van der Waals surface area contributed by atoms with Crippen molar-refractivity contribution in [2.75, 3.05) is 6.61 Å². The van der Waals surface area contributed by atoms with Gasteiger partial charge >= 0.3 is 0 Å². The van der Waals surface area contributed by atoms with Gasteiger partial charge in [-0.15, -0.1) is 11.3 Å². The summed E-state index contributed by atoms with van der Waals surface area (Å²) in [6, 6.07) is 10.0. The number of nitrogens with zero attached hydrogens (tertiary/aromatic N) is 1. The molecule has 0 saturated heterocycles. The van der Waals surface area contributed by atoms with Crippen LogP contribution in [-0.4, -0.2) is 12.4 Å². The van der Waals surface area contributed by atoms with Crippen LogP contribution in [0.4, 0.5) is 0 Å². The van der Waals surface area contributed by atoms with E-state index in [9.17, 15) is 4.79 Å². The van der Waals surface area contributed by atoms with Crippen molar-refractivity contribution in [2.45, 2.75) is 0 Å². The predicted octanol–water partition coefficient (Wildman–Crippen LogP) is 4.19. The van der Waals surface area contributed by atoms with Crippen LogP contribution in [-0.2, 0) is 0 Å². The molecule has 0 aliphatic carbocycles. The molecule has 0 saturated carbocycles. The van der Waals surface area contributed by atoms with Crippen LogP contribution in [0.15, 0.2) is 30.3 Å². The molecule has 2 aromatic rings. The van der Waals surface area contributed by atoms with Crippen LogP contribution >= 0.6 is 34.5 Å². The summed E-state index contributed by atoms with van der Waals surface area (Å²) < 4.78 is 6.15. The Bertz CT molecular complexity index is 644. The highest BCUT2D eigenvalue weighted by atomic mass is 35.5. The first-order valence-corrected chi connectivity index (χ1v) is 6.78. The molecule has 1 heterocycles. The maximum atomic E-state index is 11.9. The molecular formula is C13H7Cl2NO2S. The third kappa shape index (κ3) is 3.48. The van der Waals surface area contributed by atoms with Crippen molar-refractivity contribution in [3.63, 3.8) is 0 Å². The Kier molecular flexibility index (Phi) is 4.43. The summed E-state index contributed by atoms with van der Waals surface area (Å²) in [5.41, 5.74) is 0.900. The average molecular weight is 312 g/mol. The average Bonchev–Trinajstić information content (AvgIpc) is 2.75. The van der Waals surface area contributed by atoms with Gasteiger partial charge in [0.15, 0.2) is 6.61 Å². The summed E-state index contributed by atoms with van der Waals surface area (Å²) in [4.78, 5) is 11.9. The quantitative estimate of drug-likeness (QED) is 0.795. The second-order valence-corrected chi connectivity index (χ2v) is 5.87. The van der Waals surface area contributed by atoms with E-state index in [0.29, 0.717) is 25.5 Å². The van der Waals surface area contributed by atoms with Gasteiger partial charge in [0, 0.05) is 0 Å². The van der Waals surface area contributed by atoms with E-state index < -0.39 is 0 Å². The van der Waals surface area contributed by atoms with Crippen LogP contribution in [0.1, 0.15) is 15.9 Å². The molecule has 0 bridgehead atoms. The fraction of sp³-hybridized carbons (Fsp3) is 0.0769. The van der Waals surface area contributed by atoms with E-state index in [1.54, 1.807) is 24.3 Å². The monoisotopic (exact) mass is 311 g/mol. The molecule has 0 N–H and O–H groups in total. The molecule has 1 aromatic carbocycles. The van der Waals surface area contributed by atoms with Gasteiger partial charge in [0.05, 0.1) is 21.5 Å². The first kappa shape index (κ1) is 13.9. The Hall–Kier alpha value is -1.54. The molecule has 0 atom stereocenters. The number of Topliss-reactive ketones (excluding diaryl/α,β-unsaturated/α-hetero) is 1. The van der Waals surface area contributed by atoms with Crippen molar-refractivity contribution in [1.29, 1.82) is 5.26 Å². The third-order valence-electron chi connectivity index (χ3n) is 2.31. The van der Waals surface area contributed by atoms with E-state index in [0.717, 1.165) is 11.3 Å². The smallest absolute Gasteiger partial charge is 0.202 e. The lowest BCUT2D eigenvalue weighted by Crippen LogP contribution is -2.11. The maximum Gasteiger partial charge on any atom is 0.202 e. The van der Waals surface area contributed by atoms with Crippen molar-refractivity contribution >= 4 is 40.3 Å². The lowest BCUT2D eigenvalue weighted by atomic mass is 10.2. The lowest BCUT2D eigenvalue weighted by molar-refractivity contribution is 0.0922. The number of carbonyl (C=O) groups is 1. The van der Waals surface area contributed by atoms with E-state index in [-0.39, 0.29) is 12.4 Å². The minimum absolute atomic E-state index is 0.126. The van der Waals surface area contributed by atoms with E-state index >= 15 is 0 Å². The summed E-state index contributed by atoms with van der Waals surface area (Å²) in [7, 11) is 0. The summed E-state index contributed by atoms with van der Waals surface area (Å²) >= 11 is 12.8. The van der Waals surface area contributed by atoms with Gasteiger partial charge in [-0.25, -0.2) is 0 Å². The number of ether oxygens (including phenoxy) is 1. The summed E-state index contributed by atoms with van der Waals surface area (Å²) in [5, 5.41) is 8.66. The van der Waals surface area contributed by atoms with Crippen molar-refractivity contribution in [3.8, 4) is 11.8 Å². The van der Waals surface area contributed by atoms with Gasteiger partial charge in [-0.05, 0) is 30.3 Å². The van der Waals surface area contributed by atoms with Gasteiger partial charge in [-0.1, -0.05) is 23.2 Å². The summed E-state index contributed by atoms with van der Waals surface area (Å²) in [6.45, 7) is -0.126. The molecule has 6 heteroatoms. The van der Waals surface area contributed by atoms with Gasteiger partial charge in [0.1, 0.15) is 10.1 Å². The molecule has 19 heavy (non-hydrogen) atoms. The fourth-order valence-corrected chi connectivity index (χ4v) is 2.88. The van der Waals surface area contributed by atoms with Gasteiger partial charge in [0.25, 0.3) is 0 Å². The number of rotatable bonds is 4. The number of thiophene rings is 1. The zero-order chi connectivity index (χ0) is 13.8. The number of halogens is 2. The molecular weight excluding hydrogens is 305 g/mol. The molecule has 96 valence electrons. The van der Waals surface area contributed by atoms with Gasteiger partial charge in [-0.2, -0.15) is 5.26 Å². The number of hydrogen-bond donors (Lipinski definition) is 0. The zero-order valence-corrected chi connectivity index (χ0v) is 11.9. The Morgan fingerprint density at radius 2 is 2.00 bits per heavy atom. The van der Waals surface area contributed by atoms with Crippen LogP contribution in [0, 0.1) is 11.3 Å². The van der Waals surface area contributed by atoms with E-state index in [1.807, 2.05) is 6.07 Å². The molecule has 0 aliphatic rings. The molecule has 2 rings (SSSR count). The standard InChI is InChI=1S/C13H7Cl2NO2S/c14-12-5-10(13(15)19-12)11(17)7-18-9-3-1-8(6-16)2-4-9/h1-5H,7H2. The van der Waals surface area contributed by atoms with Crippen LogP contribution < -0.4 is 4.74 Å². The molecule has 0 spiro atoms. The van der Waals surface area contributed by atoms with E-state index in [1.165, 1.54) is 6.07 Å². The van der Waals surface area contributed by atoms with Crippen LogP contribution in [0.3, 0.4) is 0 Å². The summed E-state index contributed by atoms with van der Waals surface area (Å²) in [5.74, 6) is 0.280. The number of hydrogen-bond acceptors (Lipinski definition) is 4. The second kappa shape index (κ2) is 6.07. The topological polar surface area (TPSA) is 50.1 Å². The largest absolute Gasteiger partial charge is 0.485 e. The number of carbonyl (C=O) groups excluding carboxylic acids is 1. The van der Waals surface area contributed by atoms with Crippen molar-refractivity contribution in [2.24, 2.45) is 0 Å². The molecule has 3 nitrogen and oxygen atoms in total. The van der Waals surface area contributed by atoms with Crippen molar-refractivity contribution < 1.29 is 9.53 Å². The molecule has 0 fully saturated rings. The highest BCUT2D eigenvalue weighted by Gasteiger charge is 2.14. The maximum absolute atomic E-state index is 11.9. The normalized spacial score (nSPS) is 9.95. The van der Waals surface area contributed by atoms with E-state index in [2.05, 4.69) is 0 Å². The first-order valence-electron chi connectivity index (χ1n) is 5.21. The highest BCUT2D eigenvalue weighted by Crippen LogP contribution is 2.31. The van der Waals surface area contributed by atoms with Crippen LogP contribution in [0.5, 0.6) is 5.75 Å². The minimum atomic E-state index is -0.238. The van der Waals surface area contributed by atoms with Gasteiger partial charge in [0.2, 0.25) is 5.78 Å². The van der Waals surface area contributed by atoms with E-state index in [4.69, 9.17) is 33.2 Å². The second-order valence-electron chi connectivity index (χ2n) is 3.59. The van der Waals surface area contributed by atoms with Crippen LogP contribution in [0.2, 0.25) is 8.67 Å². The Labute approximate surface area is 123 Å². The zero-order valence-electron chi connectivity index (χ0n) is 9.52.